The molecule has 88 valence electrons. The summed E-state index contributed by atoms with van der Waals surface area (Å²) in [7, 11) is 0. The molecule has 0 atom stereocenters. The second-order valence-electron chi connectivity index (χ2n) is 3.40. The summed E-state index contributed by atoms with van der Waals surface area (Å²) in [4.78, 5) is 11.7. The summed E-state index contributed by atoms with van der Waals surface area (Å²) in [6, 6.07) is 7.14. The Hall–Kier alpha value is -1.03. The van der Waals surface area contributed by atoms with Crippen molar-refractivity contribution in [2.24, 2.45) is 0 Å². The Balaban J connectivity index is 2.34. The molecule has 0 aliphatic rings. The number of nitrogens with zero attached hydrogens (tertiary/aromatic N) is 2. The first-order valence-electron chi connectivity index (χ1n) is 4.73. The molecule has 1 aromatic carbocycles. The third-order valence-corrected chi connectivity index (χ3v) is 3.19. The molecule has 1 heterocycles. The lowest BCUT2D eigenvalue weighted by atomic mass is 10.2. The highest BCUT2D eigenvalue weighted by molar-refractivity contribution is 6.41. The van der Waals surface area contributed by atoms with Gasteiger partial charge in [-0.2, -0.15) is 5.10 Å². The molecule has 1 aromatic heterocycles. The van der Waals surface area contributed by atoms with Gasteiger partial charge in [-0.1, -0.05) is 46.9 Å². The van der Waals surface area contributed by atoms with Crippen molar-refractivity contribution in [3.63, 3.8) is 0 Å². The van der Waals surface area contributed by atoms with Crippen molar-refractivity contribution in [2.75, 3.05) is 0 Å². The first kappa shape index (κ1) is 12.4. The van der Waals surface area contributed by atoms with Crippen molar-refractivity contribution in [3.8, 4) is 0 Å². The lowest BCUT2D eigenvalue weighted by Gasteiger charge is -2.05. The van der Waals surface area contributed by atoms with Gasteiger partial charge in [-0.3, -0.25) is 4.79 Å². The SMILES string of the molecule is O=c1c(Cl)c(Cl)cnn1Cc1ccc(Cl)cc1. The van der Waals surface area contributed by atoms with E-state index in [9.17, 15) is 4.79 Å². The summed E-state index contributed by atoms with van der Waals surface area (Å²) in [6.07, 6.45) is 1.35. The molecule has 0 saturated carbocycles. The Labute approximate surface area is 113 Å². The van der Waals surface area contributed by atoms with Crippen molar-refractivity contribution in [2.45, 2.75) is 6.54 Å². The molecular formula is C11H7Cl3N2O. The van der Waals surface area contributed by atoms with Gasteiger partial charge in [0.05, 0.1) is 17.8 Å². The van der Waals surface area contributed by atoms with Crippen LogP contribution in [0, 0.1) is 0 Å². The van der Waals surface area contributed by atoms with Crippen molar-refractivity contribution < 1.29 is 0 Å². The van der Waals surface area contributed by atoms with Crippen LogP contribution in [0.25, 0.3) is 0 Å². The Bertz CT molecular complexity index is 593. The third kappa shape index (κ3) is 2.80. The number of hydrogen-bond acceptors (Lipinski definition) is 2. The Kier molecular flexibility index (Phi) is 3.72. The second-order valence-corrected chi connectivity index (χ2v) is 4.62. The van der Waals surface area contributed by atoms with Gasteiger partial charge >= 0.3 is 0 Å². The van der Waals surface area contributed by atoms with E-state index < -0.39 is 5.56 Å². The van der Waals surface area contributed by atoms with Crippen LogP contribution in [0.2, 0.25) is 15.1 Å². The van der Waals surface area contributed by atoms with Gasteiger partial charge in [-0.25, -0.2) is 4.68 Å². The summed E-state index contributed by atoms with van der Waals surface area (Å²) in [5.74, 6) is 0. The number of rotatable bonds is 2. The minimum absolute atomic E-state index is 0.0179. The summed E-state index contributed by atoms with van der Waals surface area (Å²) in [6.45, 7) is 0.326. The van der Waals surface area contributed by atoms with Crippen molar-refractivity contribution in [1.82, 2.24) is 9.78 Å². The van der Waals surface area contributed by atoms with Crippen molar-refractivity contribution in [3.05, 3.63) is 61.4 Å². The number of hydrogen-bond donors (Lipinski definition) is 0. The summed E-state index contributed by atoms with van der Waals surface area (Å²) < 4.78 is 1.25. The van der Waals surface area contributed by atoms with E-state index in [2.05, 4.69) is 5.10 Å². The summed E-state index contributed by atoms with van der Waals surface area (Å²) in [5.41, 5.74) is 0.497. The number of halogens is 3. The second kappa shape index (κ2) is 5.08. The van der Waals surface area contributed by atoms with Gasteiger partial charge in [0, 0.05) is 5.02 Å². The van der Waals surface area contributed by atoms with E-state index >= 15 is 0 Å². The molecule has 0 fully saturated rings. The lowest BCUT2D eigenvalue weighted by molar-refractivity contribution is 0.639. The molecule has 0 saturated heterocycles. The highest BCUT2D eigenvalue weighted by atomic mass is 35.5. The molecule has 0 aliphatic heterocycles. The molecule has 2 rings (SSSR count). The molecule has 0 aliphatic carbocycles. The Morgan fingerprint density at radius 2 is 1.76 bits per heavy atom. The van der Waals surface area contributed by atoms with Crippen LogP contribution < -0.4 is 5.56 Å². The molecule has 0 amide bonds. The van der Waals surface area contributed by atoms with E-state index in [1.54, 1.807) is 12.1 Å². The fourth-order valence-corrected chi connectivity index (χ4v) is 1.72. The van der Waals surface area contributed by atoms with E-state index in [1.807, 2.05) is 12.1 Å². The van der Waals surface area contributed by atoms with E-state index in [0.717, 1.165) is 5.56 Å². The average Bonchev–Trinajstić information content (AvgIpc) is 2.33. The van der Waals surface area contributed by atoms with E-state index in [4.69, 9.17) is 34.8 Å². The van der Waals surface area contributed by atoms with Gasteiger partial charge < -0.3 is 0 Å². The minimum Gasteiger partial charge on any atom is -0.266 e. The van der Waals surface area contributed by atoms with Gasteiger partial charge in [-0.15, -0.1) is 0 Å². The smallest absolute Gasteiger partial charge is 0.266 e. The van der Waals surface area contributed by atoms with Crippen LogP contribution in [0.3, 0.4) is 0 Å². The number of aromatic nitrogens is 2. The standard InChI is InChI=1S/C11H7Cl3N2O/c12-8-3-1-7(2-4-8)6-16-11(17)10(14)9(13)5-15-16/h1-5H,6H2. The summed E-state index contributed by atoms with van der Waals surface area (Å²) >= 11 is 17.2. The molecule has 0 spiro atoms. The van der Waals surface area contributed by atoms with Crippen LogP contribution in [-0.4, -0.2) is 9.78 Å². The number of benzene rings is 1. The maximum atomic E-state index is 11.7. The maximum Gasteiger partial charge on any atom is 0.287 e. The van der Waals surface area contributed by atoms with Crippen molar-refractivity contribution >= 4 is 34.8 Å². The zero-order chi connectivity index (χ0) is 12.4. The molecule has 3 nitrogen and oxygen atoms in total. The highest BCUT2D eigenvalue weighted by Gasteiger charge is 2.07. The van der Waals surface area contributed by atoms with E-state index in [0.29, 0.717) is 11.6 Å². The quantitative estimate of drug-likeness (QED) is 0.850. The van der Waals surface area contributed by atoms with Gasteiger partial charge in [0.25, 0.3) is 5.56 Å². The molecule has 17 heavy (non-hydrogen) atoms. The predicted octanol–water partition coefficient (Wildman–Crippen LogP) is 3.25. The average molecular weight is 290 g/mol. The van der Waals surface area contributed by atoms with Crippen LogP contribution in [0.1, 0.15) is 5.56 Å². The Morgan fingerprint density at radius 3 is 2.41 bits per heavy atom. The normalized spacial score (nSPS) is 10.5. The first-order valence-corrected chi connectivity index (χ1v) is 5.87. The molecule has 2 aromatic rings. The van der Waals surface area contributed by atoms with Crippen LogP contribution in [0.15, 0.2) is 35.3 Å². The van der Waals surface area contributed by atoms with Gasteiger partial charge in [0.15, 0.2) is 0 Å². The topological polar surface area (TPSA) is 34.9 Å². The summed E-state index contributed by atoms with van der Waals surface area (Å²) in [5, 5.41) is 4.69. The van der Waals surface area contributed by atoms with Gasteiger partial charge in [-0.05, 0) is 17.7 Å². The minimum atomic E-state index is -0.408. The van der Waals surface area contributed by atoms with Gasteiger partial charge in [0.1, 0.15) is 5.02 Å². The molecule has 0 N–H and O–H groups in total. The van der Waals surface area contributed by atoms with E-state index in [1.165, 1.54) is 10.9 Å². The zero-order valence-corrected chi connectivity index (χ0v) is 10.8. The highest BCUT2D eigenvalue weighted by Crippen LogP contribution is 2.15. The van der Waals surface area contributed by atoms with Gasteiger partial charge in [0.2, 0.25) is 0 Å². The fourth-order valence-electron chi connectivity index (χ4n) is 1.32. The lowest BCUT2D eigenvalue weighted by Crippen LogP contribution is -2.23. The largest absolute Gasteiger partial charge is 0.287 e. The molecular weight excluding hydrogens is 282 g/mol. The monoisotopic (exact) mass is 288 g/mol. The molecule has 6 heteroatoms. The molecule has 0 radical (unpaired) electrons. The Morgan fingerprint density at radius 1 is 1.12 bits per heavy atom. The van der Waals surface area contributed by atoms with Crippen LogP contribution in [0.5, 0.6) is 0 Å². The molecule has 0 unspecified atom stereocenters. The van der Waals surface area contributed by atoms with Crippen LogP contribution in [0.4, 0.5) is 0 Å². The van der Waals surface area contributed by atoms with Crippen LogP contribution in [-0.2, 0) is 6.54 Å². The fraction of sp³-hybridized carbons (Fsp3) is 0.0909. The maximum absolute atomic E-state index is 11.7. The third-order valence-electron chi connectivity index (χ3n) is 2.19. The van der Waals surface area contributed by atoms with Crippen LogP contribution >= 0.6 is 34.8 Å². The molecule has 0 bridgehead atoms. The van der Waals surface area contributed by atoms with E-state index in [-0.39, 0.29) is 10.0 Å². The van der Waals surface area contributed by atoms with Crippen molar-refractivity contribution in [1.29, 1.82) is 0 Å². The zero-order valence-electron chi connectivity index (χ0n) is 8.53. The predicted molar refractivity (Wildman–Crippen MR) is 69.1 cm³/mol. The first-order chi connectivity index (χ1) is 8.08.